The standard InChI is InChI=1S/C22H29N3O5/c1-22(2,3)30-21(29)25(12-13-26)17-10-11-24(14-17)16-6-4-15(5-7-16)18-8-9-19(27)23-20(18)28/h4-7,13,17-18H,8-12,14H2,1-3H3,(H,23,27,28)/t17-,18?/m1/s1. The van der Waals surface area contributed by atoms with Gasteiger partial charge in [-0.05, 0) is 51.3 Å². The van der Waals surface area contributed by atoms with Crippen molar-refractivity contribution in [3.05, 3.63) is 29.8 Å². The van der Waals surface area contributed by atoms with Gasteiger partial charge in [-0.1, -0.05) is 12.1 Å². The fourth-order valence-electron chi connectivity index (χ4n) is 3.93. The molecule has 8 nitrogen and oxygen atoms in total. The van der Waals surface area contributed by atoms with Crippen LogP contribution in [0.3, 0.4) is 0 Å². The largest absolute Gasteiger partial charge is 0.444 e. The second kappa shape index (κ2) is 8.85. The number of hydrogen-bond acceptors (Lipinski definition) is 6. The highest BCUT2D eigenvalue weighted by atomic mass is 16.6. The van der Waals surface area contributed by atoms with Crippen molar-refractivity contribution in [3.8, 4) is 0 Å². The number of imide groups is 1. The molecular formula is C22H29N3O5. The van der Waals surface area contributed by atoms with Crippen LogP contribution in [0.2, 0.25) is 0 Å². The van der Waals surface area contributed by atoms with E-state index in [2.05, 4.69) is 10.2 Å². The predicted molar refractivity (Wildman–Crippen MR) is 111 cm³/mol. The molecule has 2 aliphatic heterocycles. The molecule has 2 fully saturated rings. The normalized spacial score (nSPS) is 21.9. The van der Waals surface area contributed by atoms with Crippen molar-refractivity contribution >= 4 is 29.9 Å². The number of nitrogens with one attached hydrogen (secondary N) is 1. The van der Waals surface area contributed by atoms with Crippen LogP contribution in [0.15, 0.2) is 24.3 Å². The van der Waals surface area contributed by atoms with Gasteiger partial charge in [0.25, 0.3) is 0 Å². The van der Waals surface area contributed by atoms with Gasteiger partial charge in [0.1, 0.15) is 11.9 Å². The van der Waals surface area contributed by atoms with Crippen LogP contribution < -0.4 is 10.2 Å². The van der Waals surface area contributed by atoms with E-state index in [1.165, 1.54) is 4.90 Å². The fraction of sp³-hybridized carbons (Fsp3) is 0.545. The molecule has 2 aliphatic rings. The van der Waals surface area contributed by atoms with Crippen LogP contribution in [0, 0.1) is 0 Å². The molecule has 2 saturated heterocycles. The van der Waals surface area contributed by atoms with Gasteiger partial charge in [0, 0.05) is 25.2 Å². The molecule has 2 atom stereocenters. The lowest BCUT2D eigenvalue weighted by Gasteiger charge is -2.30. The van der Waals surface area contributed by atoms with Crippen LogP contribution >= 0.6 is 0 Å². The van der Waals surface area contributed by atoms with Crippen molar-refractivity contribution in [1.82, 2.24) is 10.2 Å². The Morgan fingerprint density at radius 2 is 1.93 bits per heavy atom. The van der Waals surface area contributed by atoms with E-state index in [4.69, 9.17) is 4.74 Å². The Balaban J connectivity index is 1.65. The lowest BCUT2D eigenvalue weighted by Crippen LogP contribution is -2.45. The van der Waals surface area contributed by atoms with E-state index in [0.29, 0.717) is 19.4 Å². The molecule has 1 N–H and O–H groups in total. The maximum absolute atomic E-state index is 12.5. The van der Waals surface area contributed by atoms with Crippen molar-refractivity contribution in [2.45, 2.75) is 57.6 Å². The summed E-state index contributed by atoms with van der Waals surface area (Å²) in [6, 6.07) is 7.64. The number of benzene rings is 1. The van der Waals surface area contributed by atoms with E-state index in [9.17, 15) is 19.2 Å². The first-order valence-corrected chi connectivity index (χ1v) is 10.3. The number of piperidine rings is 1. The SMILES string of the molecule is CC(C)(C)OC(=O)N(CC=O)[C@@H]1CCN(c2ccc(C3CCC(=O)NC3=O)cc2)C1. The van der Waals surface area contributed by atoms with E-state index in [1.807, 2.05) is 24.3 Å². The zero-order valence-electron chi connectivity index (χ0n) is 17.7. The molecule has 0 saturated carbocycles. The van der Waals surface area contributed by atoms with Crippen molar-refractivity contribution in [3.63, 3.8) is 0 Å². The third-order valence-corrected chi connectivity index (χ3v) is 5.40. The summed E-state index contributed by atoms with van der Waals surface area (Å²) in [4.78, 5) is 50.7. The quantitative estimate of drug-likeness (QED) is 0.585. The number of rotatable bonds is 5. The Morgan fingerprint density at radius 3 is 2.53 bits per heavy atom. The molecule has 1 aromatic carbocycles. The van der Waals surface area contributed by atoms with Crippen LogP contribution in [0.25, 0.3) is 0 Å². The first kappa shape index (κ1) is 21.8. The highest BCUT2D eigenvalue weighted by Gasteiger charge is 2.33. The summed E-state index contributed by atoms with van der Waals surface area (Å²) >= 11 is 0. The molecule has 3 amide bonds. The van der Waals surface area contributed by atoms with Crippen LogP contribution in [0.1, 0.15) is 51.5 Å². The van der Waals surface area contributed by atoms with Crippen molar-refractivity contribution < 1.29 is 23.9 Å². The number of aldehydes is 1. The minimum atomic E-state index is -0.623. The Bertz CT molecular complexity index is 815. The van der Waals surface area contributed by atoms with Crippen LogP contribution in [0.4, 0.5) is 10.5 Å². The highest BCUT2D eigenvalue weighted by molar-refractivity contribution is 6.00. The summed E-state index contributed by atoms with van der Waals surface area (Å²) in [5.74, 6) is -0.777. The van der Waals surface area contributed by atoms with E-state index in [-0.39, 0.29) is 30.3 Å². The van der Waals surface area contributed by atoms with Gasteiger partial charge in [-0.3, -0.25) is 19.8 Å². The summed E-state index contributed by atoms with van der Waals surface area (Å²) in [6.07, 6.45) is 1.86. The van der Waals surface area contributed by atoms with Crippen molar-refractivity contribution in [2.24, 2.45) is 0 Å². The third-order valence-electron chi connectivity index (χ3n) is 5.40. The molecule has 1 unspecified atom stereocenters. The van der Waals surface area contributed by atoms with E-state index in [0.717, 1.165) is 30.5 Å². The topological polar surface area (TPSA) is 96.0 Å². The lowest BCUT2D eigenvalue weighted by molar-refractivity contribution is -0.134. The highest BCUT2D eigenvalue weighted by Crippen LogP contribution is 2.29. The minimum Gasteiger partial charge on any atom is -0.444 e. The Labute approximate surface area is 176 Å². The maximum atomic E-state index is 12.5. The summed E-state index contributed by atoms with van der Waals surface area (Å²) in [5, 5.41) is 2.39. The zero-order chi connectivity index (χ0) is 21.9. The first-order chi connectivity index (χ1) is 14.2. The van der Waals surface area contributed by atoms with Gasteiger partial charge in [0.2, 0.25) is 11.8 Å². The molecule has 2 heterocycles. The lowest BCUT2D eigenvalue weighted by atomic mass is 9.90. The molecule has 0 aromatic heterocycles. The van der Waals surface area contributed by atoms with E-state index < -0.39 is 11.7 Å². The first-order valence-electron chi connectivity index (χ1n) is 10.3. The second-order valence-electron chi connectivity index (χ2n) is 8.78. The number of carbonyl (C=O) groups is 4. The molecule has 0 radical (unpaired) electrons. The van der Waals surface area contributed by atoms with Gasteiger partial charge in [-0.15, -0.1) is 0 Å². The van der Waals surface area contributed by atoms with Crippen molar-refractivity contribution in [1.29, 1.82) is 0 Å². The Morgan fingerprint density at radius 1 is 1.23 bits per heavy atom. The monoisotopic (exact) mass is 415 g/mol. The van der Waals surface area contributed by atoms with Gasteiger partial charge < -0.3 is 14.4 Å². The maximum Gasteiger partial charge on any atom is 0.410 e. The van der Waals surface area contributed by atoms with E-state index in [1.54, 1.807) is 20.8 Å². The fourth-order valence-corrected chi connectivity index (χ4v) is 3.93. The molecular weight excluding hydrogens is 386 g/mol. The summed E-state index contributed by atoms with van der Waals surface area (Å²) in [5.41, 5.74) is 1.25. The average molecular weight is 415 g/mol. The molecule has 1 aromatic rings. The molecule has 30 heavy (non-hydrogen) atoms. The van der Waals surface area contributed by atoms with Crippen LogP contribution in [0.5, 0.6) is 0 Å². The van der Waals surface area contributed by atoms with Gasteiger partial charge in [0.15, 0.2) is 0 Å². The van der Waals surface area contributed by atoms with Gasteiger partial charge in [-0.25, -0.2) is 4.79 Å². The summed E-state index contributed by atoms with van der Waals surface area (Å²) < 4.78 is 5.45. The van der Waals surface area contributed by atoms with Gasteiger partial charge in [-0.2, -0.15) is 0 Å². The molecule has 0 aliphatic carbocycles. The second-order valence-corrected chi connectivity index (χ2v) is 8.78. The minimum absolute atomic E-state index is 0.00185. The van der Waals surface area contributed by atoms with Crippen LogP contribution in [-0.4, -0.2) is 60.4 Å². The molecule has 0 spiro atoms. The molecule has 3 rings (SSSR count). The molecule has 8 heteroatoms. The summed E-state index contributed by atoms with van der Waals surface area (Å²) in [6.45, 7) is 6.76. The average Bonchev–Trinajstić information content (AvgIpc) is 3.14. The predicted octanol–water partition coefficient (Wildman–Crippen LogP) is 2.22. The van der Waals surface area contributed by atoms with Gasteiger partial charge in [0.05, 0.1) is 18.5 Å². The number of nitrogens with zero attached hydrogens (tertiary/aromatic N) is 2. The number of carbonyl (C=O) groups excluding carboxylic acids is 4. The number of amides is 3. The zero-order valence-corrected chi connectivity index (χ0v) is 17.7. The Hall–Kier alpha value is -2.90. The summed E-state index contributed by atoms with van der Waals surface area (Å²) in [7, 11) is 0. The number of hydrogen-bond donors (Lipinski definition) is 1. The molecule has 0 bridgehead atoms. The molecule has 162 valence electrons. The third kappa shape index (κ3) is 5.17. The Kier molecular flexibility index (Phi) is 6.43. The van der Waals surface area contributed by atoms with Crippen LogP contribution in [-0.2, 0) is 19.1 Å². The smallest absolute Gasteiger partial charge is 0.410 e. The number of anilines is 1. The van der Waals surface area contributed by atoms with Gasteiger partial charge >= 0.3 is 6.09 Å². The van der Waals surface area contributed by atoms with E-state index >= 15 is 0 Å². The van der Waals surface area contributed by atoms with Crippen molar-refractivity contribution in [2.75, 3.05) is 24.5 Å². The number of ether oxygens (including phenoxy) is 1.